The Bertz CT molecular complexity index is 503. The highest BCUT2D eigenvalue weighted by atomic mass is 16.7. The monoisotopic (exact) mass is 321 g/mol. The minimum Gasteiger partial charge on any atom is -0.385 e. The zero-order valence-corrected chi connectivity index (χ0v) is 14.4. The molecule has 0 amide bonds. The molecule has 23 heavy (non-hydrogen) atoms. The molecule has 0 saturated carbocycles. The molecule has 0 spiro atoms. The van der Waals surface area contributed by atoms with Gasteiger partial charge < -0.3 is 9.57 Å². The number of carbonyl (C=O) groups is 2. The van der Waals surface area contributed by atoms with Gasteiger partial charge in [0.05, 0.1) is 6.42 Å². The molecule has 0 N–H and O–H groups in total. The summed E-state index contributed by atoms with van der Waals surface area (Å²) in [5.74, 6) is -0.360. The van der Waals surface area contributed by atoms with Gasteiger partial charge in [-0.2, -0.15) is 0 Å². The van der Waals surface area contributed by atoms with Crippen molar-refractivity contribution < 1.29 is 19.2 Å². The van der Waals surface area contributed by atoms with E-state index in [9.17, 15) is 9.59 Å². The number of ether oxygens (including phenoxy) is 1. The number of carbonyl (C=O) groups excluding carboxylic acids is 2. The second kappa shape index (κ2) is 10.9. The number of unbranched alkanes of at least 4 members (excludes halogenated alkanes) is 3. The third kappa shape index (κ3) is 7.37. The lowest BCUT2D eigenvalue weighted by atomic mass is 9.94. The maximum atomic E-state index is 12.0. The summed E-state index contributed by atoms with van der Waals surface area (Å²) in [6, 6.07) is 0. The van der Waals surface area contributed by atoms with Crippen LogP contribution in [0.4, 0.5) is 0 Å². The molecule has 0 aromatic carbocycles. The van der Waals surface area contributed by atoms with Crippen molar-refractivity contribution in [2.45, 2.75) is 58.8 Å². The molecule has 0 aromatic heterocycles. The fourth-order valence-electron chi connectivity index (χ4n) is 2.26. The predicted molar refractivity (Wildman–Crippen MR) is 90.2 cm³/mol. The van der Waals surface area contributed by atoms with Crippen LogP contribution in [0.1, 0.15) is 58.8 Å². The maximum absolute atomic E-state index is 12.0. The Kier molecular flexibility index (Phi) is 9.14. The first-order valence-electron chi connectivity index (χ1n) is 8.28. The Morgan fingerprint density at radius 1 is 1.17 bits per heavy atom. The standard InChI is InChI=1S/C18H27NO4/c1-4-5-6-7-9-15-13-16(14(2)12-17(15)20)19-23-18(21)10-8-11-22-3/h12-13H,4-11H2,1-3H3. The molecule has 128 valence electrons. The van der Waals surface area contributed by atoms with Gasteiger partial charge in [-0.05, 0) is 43.9 Å². The fourth-order valence-corrected chi connectivity index (χ4v) is 2.26. The number of methoxy groups -OCH3 is 1. The van der Waals surface area contributed by atoms with Crippen LogP contribution in [0.25, 0.3) is 0 Å². The number of rotatable bonds is 10. The van der Waals surface area contributed by atoms with Gasteiger partial charge in [-0.15, -0.1) is 0 Å². The topological polar surface area (TPSA) is 65.0 Å². The summed E-state index contributed by atoms with van der Waals surface area (Å²) < 4.78 is 4.88. The van der Waals surface area contributed by atoms with Crippen molar-refractivity contribution in [1.82, 2.24) is 0 Å². The molecule has 1 aliphatic rings. The van der Waals surface area contributed by atoms with Crippen LogP contribution in [0.3, 0.4) is 0 Å². The normalized spacial score (nSPS) is 16.3. The smallest absolute Gasteiger partial charge is 0.335 e. The fraction of sp³-hybridized carbons (Fsp3) is 0.611. The van der Waals surface area contributed by atoms with E-state index in [0.717, 1.165) is 36.8 Å². The zero-order chi connectivity index (χ0) is 17.1. The Morgan fingerprint density at radius 3 is 2.65 bits per heavy atom. The van der Waals surface area contributed by atoms with E-state index >= 15 is 0 Å². The second-order valence-corrected chi connectivity index (χ2v) is 5.71. The van der Waals surface area contributed by atoms with E-state index in [1.54, 1.807) is 26.2 Å². The van der Waals surface area contributed by atoms with Gasteiger partial charge in [-0.25, -0.2) is 4.79 Å². The third-order valence-corrected chi connectivity index (χ3v) is 3.65. The van der Waals surface area contributed by atoms with Gasteiger partial charge in [0.25, 0.3) is 0 Å². The van der Waals surface area contributed by atoms with Crippen molar-refractivity contribution in [3.8, 4) is 0 Å². The van der Waals surface area contributed by atoms with Crippen LogP contribution in [0, 0.1) is 0 Å². The molecule has 0 atom stereocenters. The van der Waals surface area contributed by atoms with Crippen molar-refractivity contribution in [2.75, 3.05) is 13.7 Å². The molecule has 1 rings (SSSR count). The Hall–Kier alpha value is -1.75. The number of ketones is 1. The van der Waals surface area contributed by atoms with Crippen LogP contribution in [-0.4, -0.2) is 31.2 Å². The number of hydrogen-bond acceptors (Lipinski definition) is 5. The minimum absolute atomic E-state index is 0.0318. The number of oxime groups is 1. The first kappa shape index (κ1) is 19.3. The summed E-state index contributed by atoms with van der Waals surface area (Å²) in [5, 5.41) is 3.90. The molecule has 0 radical (unpaired) electrons. The first-order valence-corrected chi connectivity index (χ1v) is 8.28. The summed E-state index contributed by atoms with van der Waals surface area (Å²) in [4.78, 5) is 28.5. The number of nitrogens with zero attached hydrogens (tertiary/aromatic N) is 1. The number of hydrogen-bond donors (Lipinski definition) is 0. The number of allylic oxidation sites excluding steroid dienone is 4. The molecule has 0 aliphatic heterocycles. The van der Waals surface area contributed by atoms with Crippen LogP contribution in [0.2, 0.25) is 0 Å². The van der Waals surface area contributed by atoms with E-state index in [4.69, 9.17) is 9.57 Å². The molecule has 5 heteroatoms. The molecule has 0 saturated heterocycles. The van der Waals surface area contributed by atoms with Gasteiger partial charge in [0.1, 0.15) is 5.71 Å². The Labute approximate surface area is 138 Å². The molecular weight excluding hydrogens is 294 g/mol. The summed E-state index contributed by atoms with van der Waals surface area (Å²) in [6.45, 7) is 4.46. The largest absolute Gasteiger partial charge is 0.385 e. The molecule has 5 nitrogen and oxygen atoms in total. The SMILES string of the molecule is CCCCCCC1=CC(=NOC(=O)CCCOC)C(C)=CC1=O. The van der Waals surface area contributed by atoms with Crippen molar-refractivity contribution >= 4 is 17.5 Å². The molecule has 1 aliphatic carbocycles. The summed E-state index contributed by atoms with van der Waals surface area (Å²) >= 11 is 0. The quantitative estimate of drug-likeness (QED) is 0.266. The van der Waals surface area contributed by atoms with Crippen LogP contribution in [-0.2, 0) is 19.2 Å². The highest BCUT2D eigenvalue weighted by molar-refractivity contribution is 6.21. The lowest BCUT2D eigenvalue weighted by molar-refractivity contribution is -0.143. The lowest BCUT2D eigenvalue weighted by Gasteiger charge is -2.12. The van der Waals surface area contributed by atoms with Gasteiger partial charge in [0, 0.05) is 19.3 Å². The molecule has 0 fully saturated rings. The first-order chi connectivity index (χ1) is 11.1. The molecule has 0 heterocycles. The van der Waals surface area contributed by atoms with Crippen molar-refractivity contribution in [3.63, 3.8) is 0 Å². The van der Waals surface area contributed by atoms with E-state index in [2.05, 4.69) is 12.1 Å². The lowest BCUT2D eigenvalue weighted by Crippen LogP contribution is -2.13. The third-order valence-electron chi connectivity index (χ3n) is 3.65. The Morgan fingerprint density at radius 2 is 1.96 bits per heavy atom. The van der Waals surface area contributed by atoms with Crippen molar-refractivity contribution in [1.29, 1.82) is 0 Å². The maximum Gasteiger partial charge on any atom is 0.335 e. The van der Waals surface area contributed by atoms with E-state index in [0.29, 0.717) is 18.7 Å². The van der Waals surface area contributed by atoms with Gasteiger partial charge in [-0.1, -0.05) is 31.3 Å². The average molecular weight is 321 g/mol. The highest BCUT2D eigenvalue weighted by Gasteiger charge is 2.17. The predicted octanol–water partition coefficient (Wildman–Crippen LogP) is 3.74. The van der Waals surface area contributed by atoms with Gasteiger partial charge in [0.15, 0.2) is 5.78 Å². The summed E-state index contributed by atoms with van der Waals surface area (Å²) in [5.41, 5.74) is 2.01. The zero-order valence-electron chi connectivity index (χ0n) is 14.4. The average Bonchev–Trinajstić information content (AvgIpc) is 2.52. The minimum atomic E-state index is -0.392. The Balaban J connectivity index is 2.58. The van der Waals surface area contributed by atoms with E-state index in [1.807, 2.05) is 0 Å². The van der Waals surface area contributed by atoms with Gasteiger partial charge in [0.2, 0.25) is 0 Å². The second-order valence-electron chi connectivity index (χ2n) is 5.71. The van der Waals surface area contributed by atoms with Crippen molar-refractivity contribution in [3.05, 3.63) is 23.3 Å². The molecule has 0 unspecified atom stereocenters. The van der Waals surface area contributed by atoms with E-state index in [1.165, 1.54) is 6.42 Å². The highest BCUT2D eigenvalue weighted by Crippen LogP contribution is 2.18. The van der Waals surface area contributed by atoms with Crippen molar-refractivity contribution in [2.24, 2.45) is 5.16 Å². The van der Waals surface area contributed by atoms with Gasteiger partial charge >= 0.3 is 5.97 Å². The molecule has 0 bridgehead atoms. The van der Waals surface area contributed by atoms with Crippen LogP contribution in [0.5, 0.6) is 0 Å². The van der Waals surface area contributed by atoms with Crippen LogP contribution < -0.4 is 0 Å². The summed E-state index contributed by atoms with van der Waals surface area (Å²) in [6.07, 6.45) is 9.36. The van der Waals surface area contributed by atoms with Gasteiger partial charge in [-0.3, -0.25) is 4.79 Å². The molecular formula is C18H27NO4. The van der Waals surface area contributed by atoms with Crippen LogP contribution in [0.15, 0.2) is 28.5 Å². The molecule has 0 aromatic rings. The van der Waals surface area contributed by atoms with Crippen LogP contribution >= 0.6 is 0 Å². The van der Waals surface area contributed by atoms with E-state index in [-0.39, 0.29) is 12.2 Å². The van der Waals surface area contributed by atoms with E-state index < -0.39 is 5.97 Å². The summed E-state index contributed by atoms with van der Waals surface area (Å²) in [7, 11) is 1.59.